The van der Waals surface area contributed by atoms with Gasteiger partial charge >= 0.3 is 0 Å². The molecule has 2 aromatic heterocycles. The summed E-state index contributed by atoms with van der Waals surface area (Å²) in [6.45, 7) is 3.56. The molecule has 2 fully saturated rings. The summed E-state index contributed by atoms with van der Waals surface area (Å²) in [5.41, 5.74) is 1.17. The molecule has 0 saturated carbocycles. The lowest BCUT2D eigenvalue weighted by Crippen LogP contribution is -2.43. The highest BCUT2D eigenvalue weighted by Crippen LogP contribution is 2.33. The van der Waals surface area contributed by atoms with E-state index in [2.05, 4.69) is 27.4 Å². The highest BCUT2D eigenvalue weighted by atomic mass is 32.1. The van der Waals surface area contributed by atoms with Crippen LogP contribution in [0.4, 0.5) is 0 Å². The first kappa shape index (κ1) is 16.2. The molecule has 0 radical (unpaired) electrons. The standard InChI is InChI=1S/C19H24N2O2S/c1-2-17(24-11-1)12-21-10-7-19-18(21)4-3-16(23-19)14-22-13-15-5-8-20-9-6-15/h1-2,5-6,8-9,11,16,18-19H,3-4,7,10,12-14H2/t16-,18-,19-/m0/s1. The van der Waals surface area contributed by atoms with Crippen LogP contribution in [0.25, 0.3) is 0 Å². The van der Waals surface area contributed by atoms with Crippen molar-refractivity contribution in [3.05, 3.63) is 52.5 Å². The second-order valence-electron chi connectivity index (χ2n) is 6.65. The second kappa shape index (κ2) is 7.74. The van der Waals surface area contributed by atoms with Gasteiger partial charge in [-0.3, -0.25) is 9.88 Å². The van der Waals surface area contributed by atoms with E-state index in [9.17, 15) is 0 Å². The van der Waals surface area contributed by atoms with Crippen LogP contribution in [-0.2, 0) is 22.6 Å². The lowest BCUT2D eigenvalue weighted by molar-refractivity contribution is -0.102. The van der Waals surface area contributed by atoms with Crippen molar-refractivity contribution in [2.24, 2.45) is 0 Å². The SMILES string of the molecule is c1csc(CN2CC[C@@H]3O[C@H](COCc4ccncc4)CC[C@@H]32)c1. The molecule has 0 spiro atoms. The number of aromatic nitrogens is 1. The number of nitrogens with zero attached hydrogens (tertiary/aromatic N) is 2. The zero-order valence-electron chi connectivity index (χ0n) is 13.8. The quantitative estimate of drug-likeness (QED) is 0.803. The number of likely N-dealkylation sites (tertiary alicyclic amines) is 1. The van der Waals surface area contributed by atoms with Crippen molar-refractivity contribution in [1.29, 1.82) is 0 Å². The van der Waals surface area contributed by atoms with Crippen molar-refractivity contribution in [3.8, 4) is 0 Å². The highest BCUT2D eigenvalue weighted by molar-refractivity contribution is 7.09. The van der Waals surface area contributed by atoms with Crippen LogP contribution in [0.2, 0.25) is 0 Å². The molecule has 128 valence electrons. The maximum atomic E-state index is 6.32. The molecule has 2 saturated heterocycles. The molecule has 4 rings (SSSR count). The Kier molecular flexibility index (Phi) is 5.23. The molecule has 5 heteroatoms. The fourth-order valence-corrected chi connectivity index (χ4v) is 4.52. The smallest absolute Gasteiger partial charge is 0.0813 e. The zero-order valence-corrected chi connectivity index (χ0v) is 14.7. The Balaban J connectivity index is 1.23. The first-order valence-electron chi connectivity index (χ1n) is 8.77. The van der Waals surface area contributed by atoms with Gasteiger partial charge in [-0.25, -0.2) is 0 Å². The molecule has 0 unspecified atom stereocenters. The van der Waals surface area contributed by atoms with Gasteiger partial charge in [0.05, 0.1) is 25.4 Å². The third-order valence-electron chi connectivity index (χ3n) is 5.01. The summed E-state index contributed by atoms with van der Waals surface area (Å²) in [4.78, 5) is 8.09. The van der Waals surface area contributed by atoms with Gasteiger partial charge in [0.25, 0.3) is 0 Å². The van der Waals surface area contributed by atoms with E-state index in [1.807, 2.05) is 23.5 Å². The van der Waals surface area contributed by atoms with Gasteiger partial charge in [0.15, 0.2) is 0 Å². The van der Waals surface area contributed by atoms with E-state index in [0.29, 0.717) is 25.4 Å². The number of fused-ring (bicyclic) bond motifs is 1. The van der Waals surface area contributed by atoms with Crippen LogP contribution < -0.4 is 0 Å². The Morgan fingerprint density at radius 1 is 1.21 bits per heavy atom. The lowest BCUT2D eigenvalue weighted by Gasteiger charge is -2.35. The van der Waals surface area contributed by atoms with Gasteiger partial charge in [0.2, 0.25) is 0 Å². The van der Waals surface area contributed by atoms with Gasteiger partial charge in [0.1, 0.15) is 0 Å². The maximum Gasteiger partial charge on any atom is 0.0813 e. The third-order valence-corrected chi connectivity index (χ3v) is 5.87. The fourth-order valence-electron chi connectivity index (χ4n) is 3.79. The molecule has 0 N–H and O–H groups in total. The summed E-state index contributed by atoms with van der Waals surface area (Å²) in [6.07, 6.45) is 7.71. The van der Waals surface area contributed by atoms with Crippen LogP contribution >= 0.6 is 11.3 Å². The number of thiophene rings is 1. The molecule has 4 nitrogen and oxygen atoms in total. The summed E-state index contributed by atoms with van der Waals surface area (Å²) < 4.78 is 12.2. The molecular weight excluding hydrogens is 320 g/mol. The number of rotatable bonds is 6. The highest BCUT2D eigenvalue weighted by Gasteiger charge is 2.39. The molecular formula is C19H24N2O2S. The average molecular weight is 344 g/mol. The van der Waals surface area contributed by atoms with Crippen molar-refractivity contribution >= 4 is 11.3 Å². The van der Waals surface area contributed by atoms with Crippen molar-refractivity contribution in [2.45, 2.75) is 50.7 Å². The predicted octanol–water partition coefficient (Wildman–Crippen LogP) is 3.48. The molecule has 3 atom stereocenters. The minimum atomic E-state index is 0.245. The Labute approximate surface area is 147 Å². The number of hydrogen-bond acceptors (Lipinski definition) is 5. The second-order valence-corrected chi connectivity index (χ2v) is 7.68. The number of ether oxygens (including phenoxy) is 2. The molecule has 0 aliphatic carbocycles. The summed E-state index contributed by atoms with van der Waals surface area (Å²) in [5.74, 6) is 0. The van der Waals surface area contributed by atoms with Crippen LogP contribution in [0, 0.1) is 0 Å². The normalized spacial score (nSPS) is 27.2. The van der Waals surface area contributed by atoms with Crippen LogP contribution in [0.1, 0.15) is 29.7 Å². The predicted molar refractivity (Wildman–Crippen MR) is 94.9 cm³/mol. The Hall–Kier alpha value is -1.27. The van der Waals surface area contributed by atoms with Gasteiger partial charge in [-0.2, -0.15) is 0 Å². The first-order valence-corrected chi connectivity index (χ1v) is 9.65. The number of pyridine rings is 1. The maximum absolute atomic E-state index is 6.32. The van der Waals surface area contributed by atoms with E-state index in [1.165, 1.54) is 16.9 Å². The number of hydrogen-bond donors (Lipinski definition) is 0. The molecule has 2 aliphatic rings. The molecule has 0 amide bonds. The van der Waals surface area contributed by atoms with Crippen LogP contribution in [0.5, 0.6) is 0 Å². The summed E-state index contributed by atoms with van der Waals surface area (Å²) in [6, 6.07) is 8.95. The Bertz CT molecular complexity index is 620. The largest absolute Gasteiger partial charge is 0.374 e. The zero-order chi connectivity index (χ0) is 16.2. The minimum absolute atomic E-state index is 0.245. The third kappa shape index (κ3) is 3.86. The van der Waals surface area contributed by atoms with Crippen LogP contribution in [0.15, 0.2) is 42.0 Å². The molecule has 0 bridgehead atoms. The summed E-state index contributed by atoms with van der Waals surface area (Å²) in [5, 5.41) is 2.16. The van der Waals surface area contributed by atoms with E-state index in [4.69, 9.17) is 9.47 Å². The van der Waals surface area contributed by atoms with Crippen molar-refractivity contribution in [1.82, 2.24) is 9.88 Å². The van der Waals surface area contributed by atoms with E-state index >= 15 is 0 Å². The molecule has 4 heterocycles. The van der Waals surface area contributed by atoms with Crippen molar-refractivity contribution < 1.29 is 9.47 Å². The van der Waals surface area contributed by atoms with Gasteiger partial charge in [0, 0.05) is 36.4 Å². The van der Waals surface area contributed by atoms with E-state index < -0.39 is 0 Å². The molecule has 2 aliphatic heterocycles. The molecule has 2 aromatic rings. The van der Waals surface area contributed by atoms with Crippen LogP contribution in [0.3, 0.4) is 0 Å². The van der Waals surface area contributed by atoms with Gasteiger partial charge in [-0.05, 0) is 48.4 Å². The summed E-state index contributed by atoms with van der Waals surface area (Å²) in [7, 11) is 0. The van der Waals surface area contributed by atoms with Gasteiger partial charge < -0.3 is 9.47 Å². The van der Waals surface area contributed by atoms with Gasteiger partial charge in [-0.15, -0.1) is 11.3 Å². The average Bonchev–Trinajstić information content (AvgIpc) is 3.26. The van der Waals surface area contributed by atoms with Gasteiger partial charge in [-0.1, -0.05) is 6.07 Å². The van der Waals surface area contributed by atoms with Crippen molar-refractivity contribution in [2.75, 3.05) is 13.2 Å². The lowest BCUT2D eigenvalue weighted by atomic mass is 9.99. The fraction of sp³-hybridized carbons (Fsp3) is 0.526. The monoisotopic (exact) mass is 344 g/mol. The molecule has 0 aromatic carbocycles. The Morgan fingerprint density at radius 2 is 2.12 bits per heavy atom. The van der Waals surface area contributed by atoms with E-state index in [1.54, 1.807) is 12.4 Å². The molecule has 24 heavy (non-hydrogen) atoms. The van der Waals surface area contributed by atoms with E-state index in [0.717, 1.165) is 25.9 Å². The minimum Gasteiger partial charge on any atom is -0.374 e. The van der Waals surface area contributed by atoms with Crippen molar-refractivity contribution in [3.63, 3.8) is 0 Å². The Morgan fingerprint density at radius 3 is 2.96 bits per heavy atom. The first-order chi connectivity index (χ1) is 11.9. The van der Waals surface area contributed by atoms with Crippen LogP contribution in [-0.4, -0.2) is 41.3 Å². The topological polar surface area (TPSA) is 34.6 Å². The van der Waals surface area contributed by atoms with E-state index in [-0.39, 0.29) is 6.10 Å². The summed E-state index contributed by atoms with van der Waals surface area (Å²) >= 11 is 1.85.